The van der Waals surface area contributed by atoms with Crippen LogP contribution in [0.4, 0.5) is 13.2 Å². The molecule has 5 aromatic rings. The fourth-order valence-corrected chi connectivity index (χ4v) is 4.07. The lowest BCUT2D eigenvalue weighted by atomic mass is 10.1. The molecule has 9 nitrogen and oxygen atoms in total. The predicted molar refractivity (Wildman–Crippen MR) is 136 cm³/mol. The van der Waals surface area contributed by atoms with E-state index in [-0.39, 0.29) is 35.2 Å². The molecule has 0 bridgehead atoms. The van der Waals surface area contributed by atoms with E-state index < -0.39 is 23.8 Å². The van der Waals surface area contributed by atoms with E-state index in [0.29, 0.717) is 10.9 Å². The fraction of sp³-hybridized carbons (Fsp3) is 0.185. The van der Waals surface area contributed by atoms with Crippen molar-refractivity contribution in [2.75, 3.05) is 7.11 Å². The van der Waals surface area contributed by atoms with Gasteiger partial charge in [-0.25, -0.2) is 14.6 Å². The van der Waals surface area contributed by atoms with Crippen LogP contribution < -0.4 is 15.8 Å². The summed E-state index contributed by atoms with van der Waals surface area (Å²) in [6.07, 6.45) is -1.13. The molecule has 3 N–H and O–H groups in total. The van der Waals surface area contributed by atoms with Gasteiger partial charge in [0.1, 0.15) is 17.0 Å². The maximum absolute atomic E-state index is 13.3. The van der Waals surface area contributed by atoms with Gasteiger partial charge in [0, 0.05) is 29.9 Å². The molecule has 0 spiro atoms. The Morgan fingerprint density at radius 2 is 1.90 bits per heavy atom. The minimum atomic E-state index is -4.63. The van der Waals surface area contributed by atoms with Crippen LogP contribution in [-0.4, -0.2) is 32.8 Å². The number of fused-ring (bicyclic) bond motifs is 1. The maximum atomic E-state index is 13.3. The molecule has 0 aliphatic carbocycles. The van der Waals surface area contributed by atoms with Gasteiger partial charge in [-0.05, 0) is 55.0 Å². The first-order valence-corrected chi connectivity index (χ1v) is 11.8. The van der Waals surface area contributed by atoms with Crippen molar-refractivity contribution >= 4 is 16.8 Å². The lowest BCUT2D eigenvalue weighted by Gasteiger charge is -2.11. The molecule has 3 aromatic heterocycles. The van der Waals surface area contributed by atoms with Crippen molar-refractivity contribution in [1.82, 2.24) is 25.1 Å². The monoisotopic (exact) mass is 536 g/mol. The van der Waals surface area contributed by atoms with Gasteiger partial charge < -0.3 is 20.2 Å². The quantitative estimate of drug-likeness (QED) is 0.299. The topological polar surface area (TPSA) is 121 Å². The standard InChI is InChI=1S/C27H23F3N6O3/c1-15(31)24-23(25(37)32-14-16-4-6-17(7-5-16)36-13-3-12-33-36)35-26(39-24)19-8-10-20(38-2)22-18(19)9-11-21(34-22)27(28,29)30/h3-13,15H,14,31H2,1-2H3,(H,32,37)/t15-/m0/s1. The fourth-order valence-electron chi connectivity index (χ4n) is 4.07. The number of rotatable bonds is 7. The summed E-state index contributed by atoms with van der Waals surface area (Å²) in [6, 6.07) is 13.8. The molecule has 12 heteroatoms. The predicted octanol–water partition coefficient (Wildman–Crippen LogP) is 5.05. The first-order valence-electron chi connectivity index (χ1n) is 11.8. The van der Waals surface area contributed by atoms with E-state index in [2.05, 4.69) is 20.4 Å². The minimum absolute atomic E-state index is 0.0167. The molecule has 1 amide bonds. The lowest BCUT2D eigenvalue weighted by Crippen LogP contribution is -2.25. The lowest BCUT2D eigenvalue weighted by molar-refractivity contribution is -0.140. The normalized spacial score (nSPS) is 12.5. The summed E-state index contributed by atoms with van der Waals surface area (Å²) < 4.78 is 52.7. The highest BCUT2D eigenvalue weighted by molar-refractivity contribution is 5.98. The van der Waals surface area contributed by atoms with E-state index in [4.69, 9.17) is 14.9 Å². The number of methoxy groups -OCH3 is 1. The van der Waals surface area contributed by atoms with Crippen molar-refractivity contribution in [3.63, 3.8) is 0 Å². The van der Waals surface area contributed by atoms with E-state index in [9.17, 15) is 18.0 Å². The summed E-state index contributed by atoms with van der Waals surface area (Å²) in [7, 11) is 1.34. The number of nitrogens with zero attached hydrogens (tertiary/aromatic N) is 4. The van der Waals surface area contributed by atoms with Crippen LogP contribution in [0.15, 0.2) is 71.4 Å². The second kappa shape index (κ2) is 10.2. The Kier molecular flexibility index (Phi) is 6.79. The summed E-state index contributed by atoms with van der Waals surface area (Å²) in [5.41, 5.74) is 7.02. The van der Waals surface area contributed by atoms with Gasteiger partial charge in [-0.2, -0.15) is 18.3 Å². The SMILES string of the molecule is COc1ccc(-c2nc(C(=O)NCc3ccc(-n4cccn4)cc3)c([C@H](C)N)o2)c2ccc(C(F)(F)F)nc12. The molecule has 2 aromatic carbocycles. The van der Waals surface area contributed by atoms with E-state index in [1.807, 2.05) is 36.5 Å². The van der Waals surface area contributed by atoms with Crippen molar-refractivity contribution in [3.05, 3.63) is 89.7 Å². The molecule has 39 heavy (non-hydrogen) atoms. The Morgan fingerprint density at radius 3 is 2.54 bits per heavy atom. The molecule has 0 aliphatic heterocycles. The largest absolute Gasteiger partial charge is 0.494 e. The van der Waals surface area contributed by atoms with Gasteiger partial charge in [0.25, 0.3) is 5.91 Å². The Morgan fingerprint density at radius 1 is 1.13 bits per heavy atom. The zero-order chi connectivity index (χ0) is 27.7. The molecular formula is C27H23F3N6O3. The first kappa shape index (κ1) is 25.9. The Hall–Kier alpha value is -4.71. The summed E-state index contributed by atoms with van der Waals surface area (Å²) in [5, 5.41) is 7.30. The number of carbonyl (C=O) groups is 1. The number of nitrogens with one attached hydrogen (secondary N) is 1. The van der Waals surface area contributed by atoms with Gasteiger partial charge in [-0.15, -0.1) is 0 Å². The highest BCUT2D eigenvalue weighted by Gasteiger charge is 2.33. The summed E-state index contributed by atoms with van der Waals surface area (Å²) >= 11 is 0. The Bertz CT molecular complexity index is 1630. The first-order chi connectivity index (χ1) is 18.7. The van der Waals surface area contributed by atoms with Gasteiger partial charge in [-0.1, -0.05) is 12.1 Å². The van der Waals surface area contributed by atoms with Gasteiger partial charge in [0.15, 0.2) is 11.5 Å². The number of nitrogens with two attached hydrogens (primary N) is 1. The maximum Gasteiger partial charge on any atom is 0.433 e. The Balaban J connectivity index is 1.44. The highest BCUT2D eigenvalue weighted by Crippen LogP contribution is 2.37. The molecule has 3 heterocycles. The number of hydrogen-bond acceptors (Lipinski definition) is 7. The van der Waals surface area contributed by atoms with Crippen molar-refractivity contribution in [1.29, 1.82) is 0 Å². The summed E-state index contributed by atoms with van der Waals surface area (Å²) in [4.78, 5) is 21.2. The number of amides is 1. The van der Waals surface area contributed by atoms with Crippen LogP contribution in [-0.2, 0) is 12.7 Å². The molecular weight excluding hydrogens is 513 g/mol. The molecule has 0 aliphatic rings. The minimum Gasteiger partial charge on any atom is -0.494 e. The number of pyridine rings is 1. The second-order valence-electron chi connectivity index (χ2n) is 8.73. The number of halogens is 3. The third-order valence-corrected chi connectivity index (χ3v) is 6.00. The van der Waals surface area contributed by atoms with Gasteiger partial charge in [0.2, 0.25) is 5.89 Å². The molecule has 0 saturated carbocycles. The summed E-state index contributed by atoms with van der Waals surface area (Å²) in [5.74, 6) is -0.204. The number of aromatic nitrogens is 4. The third kappa shape index (κ3) is 5.18. The van der Waals surface area contributed by atoms with Crippen molar-refractivity contribution in [3.8, 4) is 22.9 Å². The van der Waals surface area contributed by atoms with Gasteiger partial charge in [-0.3, -0.25) is 4.79 Å². The average molecular weight is 537 g/mol. The number of carbonyl (C=O) groups excluding carboxylic acids is 1. The summed E-state index contributed by atoms with van der Waals surface area (Å²) in [6.45, 7) is 1.85. The smallest absolute Gasteiger partial charge is 0.433 e. The molecule has 1 atom stereocenters. The number of ether oxygens (including phenoxy) is 1. The van der Waals surface area contributed by atoms with E-state index in [0.717, 1.165) is 17.3 Å². The van der Waals surface area contributed by atoms with Gasteiger partial charge >= 0.3 is 6.18 Å². The average Bonchev–Trinajstić information content (AvgIpc) is 3.62. The zero-order valence-electron chi connectivity index (χ0n) is 20.9. The van der Waals surface area contributed by atoms with Crippen LogP contribution in [0.25, 0.3) is 28.0 Å². The number of benzene rings is 2. The van der Waals surface area contributed by atoms with Crippen molar-refractivity contribution < 1.29 is 27.1 Å². The van der Waals surface area contributed by atoms with Crippen LogP contribution in [0.1, 0.15) is 40.5 Å². The van der Waals surface area contributed by atoms with Gasteiger partial charge in [0.05, 0.1) is 18.8 Å². The van der Waals surface area contributed by atoms with E-state index >= 15 is 0 Å². The Labute approximate surface area is 220 Å². The molecule has 0 fully saturated rings. The molecule has 5 rings (SSSR count). The van der Waals surface area contributed by atoms with Crippen LogP contribution in [0, 0.1) is 0 Å². The van der Waals surface area contributed by atoms with Crippen molar-refractivity contribution in [2.45, 2.75) is 25.7 Å². The second-order valence-corrected chi connectivity index (χ2v) is 8.73. The van der Waals surface area contributed by atoms with E-state index in [1.165, 1.54) is 19.2 Å². The highest BCUT2D eigenvalue weighted by atomic mass is 19.4. The van der Waals surface area contributed by atoms with Crippen LogP contribution in [0.5, 0.6) is 5.75 Å². The number of hydrogen-bond donors (Lipinski definition) is 2. The zero-order valence-corrected chi connectivity index (χ0v) is 20.9. The molecule has 0 radical (unpaired) electrons. The van der Waals surface area contributed by atoms with Crippen LogP contribution >= 0.6 is 0 Å². The number of oxazole rings is 1. The van der Waals surface area contributed by atoms with Crippen molar-refractivity contribution in [2.24, 2.45) is 5.73 Å². The number of alkyl halides is 3. The van der Waals surface area contributed by atoms with E-state index in [1.54, 1.807) is 23.9 Å². The molecule has 0 saturated heterocycles. The molecule has 200 valence electrons. The molecule has 0 unspecified atom stereocenters. The van der Waals surface area contributed by atoms with Crippen LogP contribution in [0.2, 0.25) is 0 Å². The third-order valence-electron chi connectivity index (χ3n) is 6.00. The van der Waals surface area contributed by atoms with Crippen LogP contribution in [0.3, 0.4) is 0 Å².